The summed E-state index contributed by atoms with van der Waals surface area (Å²) in [6.45, 7) is 2.35. The molecule has 0 N–H and O–H groups in total. The second-order valence-corrected chi connectivity index (χ2v) is 3.40. The summed E-state index contributed by atoms with van der Waals surface area (Å²) >= 11 is 0. The van der Waals surface area contributed by atoms with Crippen LogP contribution in [0.5, 0.6) is 5.75 Å². The molecule has 152 valence electrons. The first-order valence-corrected chi connectivity index (χ1v) is 6.98. The molecule has 2 rings (SSSR count). The van der Waals surface area contributed by atoms with Crippen LogP contribution in [0.25, 0.3) is 0 Å². The zero-order valence-electron chi connectivity index (χ0n) is 16.3. The van der Waals surface area contributed by atoms with Crippen LogP contribution < -0.4 is 4.74 Å². The second-order valence-electron chi connectivity index (χ2n) is 3.40. The van der Waals surface area contributed by atoms with E-state index in [9.17, 15) is 13.2 Å². The highest BCUT2D eigenvalue weighted by Crippen LogP contribution is 2.05. The van der Waals surface area contributed by atoms with Crippen LogP contribution in [-0.4, -0.2) is 28.8 Å². The molecule has 2 radical (unpaired) electrons. The molecule has 0 heterocycles. The first-order chi connectivity index (χ1) is 12.3. The molecule has 2 aromatic carbocycles. The maximum Gasteiger partial charge on any atom is 0.118 e. The molecule has 0 aromatic heterocycles. The minimum Gasteiger partial charge on any atom is -0.497 e. The predicted molar refractivity (Wildman–Crippen MR) is 115 cm³/mol. The second kappa shape index (κ2) is 38.6. The lowest BCUT2D eigenvalue weighted by atomic mass is 10.2. The smallest absolute Gasteiger partial charge is 0.118 e. The molecule has 0 aliphatic heterocycles. The molecule has 5 heteroatoms. The van der Waals surface area contributed by atoms with Gasteiger partial charge in [0.05, 0.1) is 28.8 Å². The number of benzene rings is 2. The third kappa shape index (κ3) is 30.0. The summed E-state index contributed by atoms with van der Waals surface area (Å²) in [5.74, 6) is 0.910. The molecule has 0 atom stereocenters. The van der Waals surface area contributed by atoms with E-state index in [1.807, 2.05) is 48.5 Å². The fourth-order valence-corrected chi connectivity index (χ4v) is 1.12. The minimum atomic E-state index is -0.360. The largest absolute Gasteiger partial charge is 0.497 e. The Morgan fingerprint density at radius 2 is 1.15 bits per heavy atom. The van der Waals surface area contributed by atoms with Gasteiger partial charge in [0.15, 0.2) is 0 Å². The maximum absolute atomic E-state index is 11.7. The van der Waals surface area contributed by atoms with Gasteiger partial charge in [-0.1, -0.05) is 77.6 Å². The predicted octanol–water partition coefficient (Wildman–Crippen LogP) is 7.52. The summed E-state index contributed by atoms with van der Waals surface area (Å²) < 4.78 is 42.2. The highest BCUT2D eigenvalue weighted by atomic mass is 19.1. The number of rotatable bonds is 2. The highest BCUT2D eigenvalue weighted by molar-refractivity contribution is 6.05. The number of alkyl halides is 3. The quantitative estimate of drug-likeness (QED) is 0.493. The number of ether oxygens (including phenoxy) is 1. The van der Waals surface area contributed by atoms with E-state index < -0.39 is 0 Å². The van der Waals surface area contributed by atoms with Gasteiger partial charge in [-0.3, -0.25) is 8.78 Å². The maximum atomic E-state index is 11.7. The monoisotopic (exact) mass is 375 g/mol. The standard InChI is InChI=1S/C7H7F.C7H8O.C2H5F.CH3B.CH3F.3CH4/c8-6-7-4-2-1-3-5-7;1-8-7-5-3-2-4-6-7;1-2-3;2*1-2;;;/h1-5H,6H2;2-6H,1H3;2H2,1H3;2*1H3;3*1H4/i;;;;;1D;;. The van der Waals surface area contributed by atoms with Gasteiger partial charge in [-0.05, 0) is 24.6 Å². The van der Waals surface area contributed by atoms with Gasteiger partial charge >= 0.3 is 0 Å². The van der Waals surface area contributed by atoms with Crippen molar-refractivity contribution >= 4 is 7.85 Å². The zero-order valence-corrected chi connectivity index (χ0v) is 15.3. The van der Waals surface area contributed by atoms with E-state index in [1.54, 1.807) is 19.2 Å². The van der Waals surface area contributed by atoms with E-state index in [0.717, 1.165) is 11.3 Å². The molecule has 0 aliphatic rings. The Labute approximate surface area is 163 Å². The van der Waals surface area contributed by atoms with Crippen LogP contribution in [0.4, 0.5) is 13.2 Å². The molecule has 0 unspecified atom stereocenters. The zero-order chi connectivity index (χ0) is 20.3. The van der Waals surface area contributed by atoms with E-state index in [4.69, 9.17) is 6.11 Å². The van der Waals surface area contributed by atoms with Crippen molar-refractivity contribution in [3.8, 4) is 5.75 Å². The first-order valence-electron chi connectivity index (χ1n) is 7.98. The van der Waals surface area contributed by atoms with Gasteiger partial charge in [-0.15, -0.1) is 0 Å². The highest BCUT2D eigenvalue weighted by Gasteiger charge is 1.83. The summed E-state index contributed by atoms with van der Waals surface area (Å²) in [5, 5.41) is 0. The number of hydrogen-bond donors (Lipinski definition) is 0. The number of halogens is 3. The van der Waals surface area contributed by atoms with E-state index in [1.165, 1.54) is 21.1 Å². The minimum absolute atomic E-state index is 0. The van der Waals surface area contributed by atoms with Crippen LogP contribution in [0.1, 0.15) is 36.1 Å². The SMILES string of the molecule is C.C.CCF.CF.COc1ccccc1.FCc1ccccc1.[2H]C.[B]C. The van der Waals surface area contributed by atoms with Gasteiger partial charge in [0.1, 0.15) is 12.4 Å². The number of hydrogen-bond acceptors (Lipinski definition) is 1. The molecular formula is C21H38BF3O. The fraction of sp³-hybridized carbons (Fsp3) is 0.429. The Kier molecular flexibility index (Phi) is 52.3. The van der Waals surface area contributed by atoms with Gasteiger partial charge in [0.25, 0.3) is 0 Å². The van der Waals surface area contributed by atoms with Gasteiger partial charge in [0.2, 0.25) is 0 Å². The first kappa shape index (κ1) is 35.2. The van der Waals surface area contributed by atoms with Crippen molar-refractivity contribution in [1.29, 1.82) is 0 Å². The van der Waals surface area contributed by atoms with Gasteiger partial charge in [0, 0.05) is 1.37 Å². The summed E-state index contributed by atoms with van der Waals surface area (Å²) in [6.07, 6.45) is 0. The molecule has 0 amide bonds. The molecule has 26 heavy (non-hydrogen) atoms. The molecule has 0 saturated heterocycles. The average Bonchev–Trinajstić information content (AvgIpc) is 2.74. The lowest BCUT2D eigenvalue weighted by Crippen LogP contribution is -1.78. The van der Waals surface area contributed by atoms with Gasteiger partial charge in [-0.2, -0.15) is 0 Å². The molecule has 0 saturated carbocycles. The Morgan fingerprint density at radius 3 is 1.35 bits per heavy atom. The van der Waals surface area contributed by atoms with E-state index in [2.05, 4.69) is 7.85 Å². The molecule has 0 fully saturated rings. The van der Waals surface area contributed by atoms with Crippen molar-refractivity contribution in [1.82, 2.24) is 0 Å². The third-order valence-electron chi connectivity index (χ3n) is 1.98. The summed E-state index contributed by atoms with van der Waals surface area (Å²) in [6, 6.07) is 18.7. The molecular weight excluding hydrogens is 336 g/mol. The van der Waals surface area contributed by atoms with Crippen LogP contribution in [0.15, 0.2) is 60.7 Å². The number of para-hydroxylation sites is 1. The molecule has 1 nitrogen and oxygen atoms in total. The van der Waals surface area contributed by atoms with Crippen molar-refractivity contribution in [3.05, 3.63) is 66.2 Å². The van der Waals surface area contributed by atoms with E-state index in [0.29, 0.717) is 7.18 Å². The molecule has 0 bridgehead atoms. The van der Waals surface area contributed by atoms with Gasteiger partial charge < -0.3 is 4.74 Å². The Morgan fingerprint density at radius 1 is 0.846 bits per heavy atom. The van der Waals surface area contributed by atoms with Crippen LogP contribution in [0.3, 0.4) is 0 Å². The fourth-order valence-electron chi connectivity index (χ4n) is 1.12. The van der Waals surface area contributed by atoms with Crippen LogP contribution in [-0.2, 0) is 6.67 Å². The topological polar surface area (TPSA) is 9.23 Å². The Balaban J connectivity index is -0.0000000549. The van der Waals surface area contributed by atoms with Gasteiger partial charge in [-0.25, -0.2) is 4.39 Å². The molecule has 0 aliphatic carbocycles. The molecule has 0 spiro atoms. The third-order valence-corrected chi connectivity index (χ3v) is 1.98. The normalized spacial score (nSPS) is 6.85. The van der Waals surface area contributed by atoms with E-state index in [-0.39, 0.29) is 28.2 Å². The van der Waals surface area contributed by atoms with Crippen LogP contribution in [0, 0.1) is 0 Å². The van der Waals surface area contributed by atoms with Crippen molar-refractivity contribution in [3.63, 3.8) is 0 Å². The lowest BCUT2D eigenvalue weighted by molar-refractivity contribution is 0.415. The van der Waals surface area contributed by atoms with Crippen molar-refractivity contribution in [2.24, 2.45) is 0 Å². The summed E-state index contributed by atoms with van der Waals surface area (Å²) in [4.78, 5) is 0. The van der Waals surface area contributed by atoms with Crippen molar-refractivity contribution in [2.75, 3.05) is 21.0 Å². The van der Waals surface area contributed by atoms with Crippen LogP contribution in [0.2, 0.25) is 6.82 Å². The average molecular weight is 375 g/mol. The van der Waals surface area contributed by atoms with Crippen molar-refractivity contribution in [2.45, 2.75) is 42.7 Å². The molecule has 2 aromatic rings. The Bertz CT molecular complexity index is 367. The van der Waals surface area contributed by atoms with E-state index >= 15 is 0 Å². The Hall–Kier alpha value is -1.91. The summed E-state index contributed by atoms with van der Waals surface area (Å²) in [7, 11) is 7.91. The van der Waals surface area contributed by atoms with Crippen LogP contribution >= 0.6 is 0 Å². The lowest BCUT2D eigenvalue weighted by Gasteiger charge is -1.93. The number of methoxy groups -OCH3 is 1. The summed E-state index contributed by atoms with van der Waals surface area (Å²) in [5.41, 5.74) is 0.743. The van der Waals surface area contributed by atoms with Crippen molar-refractivity contribution < 1.29 is 19.3 Å².